The maximum atomic E-state index is 13.1. The van der Waals surface area contributed by atoms with Gasteiger partial charge in [0.2, 0.25) is 0 Å². The summed E-state index contributed by atoms with van der Waals surface area (Å²) in [6.45, 7) is 5.22. The molecule has 0 aliphatic carbocycles. The highest BCUT2D eigenvalue weighted by Crippen LogP contribution is 2.10. The van der Waals surface area contributed by atoms with E-state index in [1.54, 1.807) is 31.3 Å². The van der Waals surface area contributed by atoms with Crippen molar-refractivity contribution in [2.45, 2.75) is 6.92 Å². The van der Waals surface area contributed by atoms with Gasteiger partial charge in [-0.3, -0.25) is 9.78 Å². The second-order valence-corrected chi connectivity index (χ2v) is 3.13. The van der Waals surface area contributed by atoms with E-state index in [9.17, 15) is 9.18 Å². The van der Waals surface area contributed by atoms with Gasteiger partial charge >= 0.3 is 0 Å². The van der Waals surface area contributed by atoms with E-state index in [1.165, 1.54) is 12.3 Å². The van der Waals surface area contributed by atoms with E-state index < -0.39 is 5.83 Å². The predicted molar refractivity (Wildman–Crippen MR) is 61.7 cm³/mol. The van der Waals surface area contributed by atoms with Crippen LogP contribution in [0, 0.1) is 0 Å². The molecule has 0 fully saturated rings. The molecule has 82 valence electrons. The van der Waals surface area contributed by atoms with Crippen LogP contribution in [0.2, 0.25) is 0 Å². The Hall–Kier alpha value is -2.03. The third-order valence-corrected chi connectivity index (χ3v) is 1.85. The van der Waals surface area contributed by atoms with Crippen molar-refractivity contribution < 1.29 is 9.18 Å². The summed E-state index contributed by atoms with van der Waals surface area (Å²) in [7, 11) is 0. The Morgan fingerprint density at radius 2 is 2.31 bits per heavy atom. The molecule has 0 aliphatic heterocycles. The summed E-state index contributed by atoms with van der Waals surface area (Å²) < 4.78 is 13.1. The van der Waals surface area contributed by atoms with Gasteiger partial charge in [0.1, 0.15) is 5.83 Å². The number of rotatable bonds is 4. The lowest BCUT2D eigenvalue weighted by molar-refractivity contribution is 0.103. The van der Waals surface area contributed by atoms with Gasteiger partial charge in [-0.05, 0) is 31.2 Å². The lowest BCUT2D eigenvalue weighted by atomic mass is 10.1. The number of hydrogen-bond donors (Lipinski definition) is 0. The van der Waals surface area contributed by atoms with Crippen molar-refractivity contribution >= 4 is 5.78 Å². The summed E-state index contributed by atoms with van der Waals surface area (Å²) in [6, 6.07) is 3.26. The first-order valence-electron chi connectivity index (χ1n) is 4.78. The van der Waals surface area contributed by atoms with Gasteiger partial charge in [-0.25, -0.2) is 4.39 Å². The molecule has 0 saturated heterocycles. The first kappa shape index (κ1) is 12.0. The van der Waals surface area contributed by atoms with Gasteiger partial charge in [0.15, 0.2) is 5.78 Å². The molecule has 0 N–H and O–H groups in total. The molecule has 2 nitrogen and oxygen atoms in total. The van der Waals surface area contributed by atoms with E-state index in [-0.39, 0.29) is 11.4 Å². The second kappa shape index (κ2) is 5.75. The molecule has 0 atom stereocenters. The summed E-state index contributed by atoms with van der Waals surface area (Å²) >= 11 is 0. The van der Waals surface area contributed by atoms with Crippen LogP contribution >= 0.6 is 0 Å². The SMILES string of the molecule is C=C(/C=C(F)\C=C/C)C(=O)c1cccnc1. The van der Waals surface area contributed by atoms with E-state index in [1.807, 2.05) is 0 Å². The third kappa shape index (κ3) is 3.28. The van der Waals surface area contributed by atoms with Crippen LogP contribution in [-0.4, -0.2) is 10.8 Å². The van der Waals surface area contributed by atoms with E-state index in [4.69, 9.17) is 0 Å². The van der Waals surface area contributed by atoms with Crippen molar-refractivity contribution in [2.24, 2.45) is 0 Å². The number of allylic oxidation sites excluding steroid dienone is 5. The number of ketones is 1. The van der Waals surface area contributed by atoms with E-state index in [0.717, 1.165) is 6.08 Å². The highest BCUT2D eigenvalue weighted by Gasteiger charge is 2.08. The highest BCUT2D eigenvalue weighted by molar-refractivity contribution is 6.09. The molecule has 0 radical (unpaired) electrons. The van der Waals surface area contributed by atoms with E-state index in [2.05, 4.69) is 11.6 Å². The van der Waals surface area contributed by atoms with Gasteiger partial charge in [-0.1, -0.05) is 12.7 Å². The van der Waals surface area contributed by atoms with Gasteiger partial charge in [-0.15, -0.1) is 0 Å². The zero-order valence-corrected chi connectivity index (χ0v) is 8.98. The Balaban J connectivity index is 2.84. The monoisotopic (exact) mass is 217 g/mol. The molecule has 1 aromatic heterocycles. The molecule has 0 unspecified atom stereocenters. The van der Waals surface area contributed by atoms with Crippen LogP contribution < -0.4 is 0 Å². The first-order valence-corrected chi connectivity index (χ1v) is 4.78. The Kier molecular flexibility index (Phi) is 4.33. The molecule has 0 aliphatic rings. The Labute approximate surface area is 93.8 Å². The minimum atomic E-state index is -0.496. The third-order valence-electron chi connectivity index (χ3n) is 1.85. The Morgan fingerprint density at radius 3 is 2.88 bits per heavy atom. The number of Topliss-reactive ketones (excluding diaryl/α,β-unsaturated/α-hetero) is 1. The number of carbonyl (C=O) groups is 1. The predicted octanol–water partition coefficient (Wildman–Crippen LogP) is 3.25. The van der Waals surface area contributed by atoms with E-state index >= 15 is 0 Å². The standard InChI is InChI=1S/C13H12FNO/c1-3-5-12(14)8-10(2)13(16)11-6-4-7-15-9-11/h3-9H,2H2,1H3/b5-3-,12-8+. The van der Waals surface area contributed by atoms with Gasteiger partial charge in [-0.2, -0.15) is 0 Å². The molecule has 16 heavy (non-hydrogen) atoms. The fourth-order valence-corrected chi connectivity index (χ4v) is 1.12. The average Bonchev–Trinajstić information content (AvgIpc) is 2.29. The largest absolute Gasteiger partial charge is 0.289 e. The summed E-state index contributed by atoms with van der Waals surface area (Å²) in [4.78, 5) is 15.5. The molecule has 0 saturated carbocycles. The van der Waals surface area contributed by atoms with Crippen LogP contribution in [0.4, 0.5) is 4.39 Å². The van der Waals surface area contributed by atoms with E-state index in [0.29, 0.717) is 5.56 Å². The second-order valence-electron chi connectivity index (χ2n) is 3.13. The van der Waals surface area contributed by atoms with Crippen molar-refractivity contribution in [2.75, 3.05) is 0 Å². The van der Waals surface area contributed by atoms with Crippen molar-refractivity contribution in [1.82, 2.24) is 4.98 Å². The zero-order valence-electron chi connectivity index (χ0n) is 8.98. The molecule has 0 amide bonds. The lowest BCUT2D eigenvalue weighted by Crippen LogP contribution is -2.00. The number of halogens is 1. The van der Waals surface area contributed by atoms with Gasteiger partial charge in [0, 0.05) is 23.5 Å². The molecular weight excluding hydrogens is 205 g/mol. The molecule has 3 heteroatoms. The molecule has 1 aromatic rings. The molecule has 0 aromatic carbocycles. The summed E-state index contributed by atoms with van der Waals surface area (Å²) in [5, 5.41) is 0. The van der Waals surface area contributed by atoms with Gasteiger partial charge in [0.25, 0.3) is 0 Å². The smallest absolute Gasteiger partial charge is 0.194 e. The summed E-state index contributed by atoms with van der Waals surface area (Å²) in [5.74, 6) is -0.822. The fourth-order valence-electron chi connectivity index (χ4n) is 1.12. The molecule has 1 rings (SSSR count). The normalized spacial score (nSPS) is 11.8. The maximum Gasteiger partial charge on any atom is 0.194 e. The van der Waals surface area contributed by atoms with Crippen LogP contribution in [0.15, 0.2) is 60.7 Å². The van der Waals surface area contributed by atoms with Crippen LogP contribution in [0.25, 0.3) is 0 Å². The highest BCUT2D eigenvalue weighted by atomic mass is 19.1. The van der Waals surface area contributed by atoms with Gasteiger partial charge < -0.3 is 0 Å². The maximum absolute atomic E-state index is 13.1. The van der Waals surface area contributed by atoms with Gasteiger partial charge in [0.05, 0.1) is 0 Å². The Bertz CT molecular complexity index is 446. The quantitative estimate of drug-likeness (QED) is 0.440. The molecule has 0 spiro atoms. The number of aromatic nitrogens is 1. The lowest BCUT2D eigenvalue weighted by Gasteiger charge is -1.99. The first-order chi connectivity index (χ1) is 7.65. The Morgan fingerprint density at radius 1 is 1.56 bits per heavy atom. The fraction of sp³-hybridized carbons (Fsp3) is 0.0769. The zero-order chi connectivity index (χ0) is 12.0. The van der Waals surface area contributed by atoms with Crippen molar-refractivity contribution in [3.05, 3.63) is 66.3 Å². The summed E-state index contributed by atoms with van der Waals surface area (Å²) in [5.41, 5.74) is 0.501. The van der Waals surface area contributed by atoms with Crippen LogP contribution in [0.5, 0.6) is 0 Å². The average molecular weight is 217 g/mol. The number of nitrogens with zero attached hydrogens (tertiary/aromatic N) is 1. The van der Waals surface area contributed by atoms with Crippen molar-refractivity contribution in [3.8, 4) is 0 Å². The van der Waals surface area contributed by atoms with Crippen molar-refractivity contribution in [1.29, 1.82) is 0 Å². The number of hydrogen-bond acceptors (Lipinski definition) is 2. The molecular formula is C13H12FNO. The van der Waals surface area contributed by atoms with Crippen molar-refractivity contribution in [3.63, 3.8) is 0 Å². The van der Waals surface area contributed by atoms with Crippen LogP contribution in [-0.2, 0) is 0 Å². The molecule has 1 heterocycles. The summed E-state index contributed by atoms with van der Waals surface area (Å²) in [6.07, 6.45) is 6.91. The molecule has 0 bridgehead atoms. The number of pyridine rings is 1. The topological polar surface area (TPSA) is 30.0 Å². The number of carbonyl (C=O) groups excluding carboxylic acids is 1. The van der Waals surface area contributed by atoms with Crippen LogP contribution in [0.1, 0.15) is 17.3 Å². The minimum absolute atomic E-state index is 0.101. The van der Waals surface area contributed by atoms with Crippen LogP contribution in [0.3, 0.4) is 0 Å². The minimum Gasteiger partial charge on any atom is -0.289 e.